The van der Waals surface area contributed by atoms with Gasteiger partial charge in [0, 0.05) is 37.8 Å². The number of rotatable bonds is 5. The highest BCUT2D eigenvalue weighted by Gasteiger charge is 2.30. The van der Waals surface area contributed by atoms with Gasteiger partial charge in [0.15, 0.2) is 0 Å². The van der Waals surface area contributed by atoms with E-state index in [9.17, 15) is 13.2 Å². The molecular formula is C20H31N3O3S. The lowest BCUT2D eigenvalue weighted by atomic mass is 10.0. The van der Waals surface area contributed by atoms with E-state index in [1.165, 1.54) is 0 Å². The summed E-state index contributed by atoms with van der Waals surface area (Å²) in [5, 5.41) is 0. The summed E-state index contributed by atoms with van der Waals surface area (Å²) in [6.07, 6.45) is 6.01. The fourth-order valence-electron chi connectivity index (χ4n) is 4.09. The number of likely N-dealkylation sites (tertiary alicyclic amines) is 1. The molecule has 1 atom stereocenters. The van der Waals surface area contributed by atoms with E-state index in [0.29, 0.717) is 18.7 Å². The minimum atomic E-state index is -3.53. The molecule has 6 nitrogen and oxygen atoms in total. The first-order valence-electron chi connectivity index (χ1n) is 9.95. The Morgan fingerprint density at radius 2 is 1.78 bits per heavy atom. The number of piperidine rings is 2. The standard InChI is InChI=1S/C20H31N3O3S/c1-21(2)16-18-10-4-7-14-23(18)20(24)17-9-8-11-19(15-17)27(25,26)22-12-5-3-6-13-22/h8-9,11,15,18H,3-7,10,12-14,16H2,1-2H3. The third kappa shape index (κ3) is 4.70. The van der Waals surface area contributed by atoms with Crippen molar-refractivity contribution in [3.8, 4) is 0 Å². The van der Waals surface area contributed by atoms with Crippen molar-refractivity contribution in [1.82, 2.24) is 14.1 Å². The van der Waals surface area contributed by atoms with Crippen LogP contribution in [0.25, 0.3) is 0 Å². The Labute approximate surface area is 163 Å². The van der Waals surface area contributed by atoms with Crippen LogP contribution < -0.4 is 0 Å². The van der Waals surface area contributed by atoms with Gasteiger partial charge in [-0.05, 0) is 64.4 Å². The lowest BCUT2D eigenvalue weighted by Gasteiger charge is -2.37. The van der Waals surface area contributed by atoms with Crippen LogP contribution in [0.3, 0.4) is 0 Å². The number of likely N-dealkylation sites (N-methyl/N-ethyl adjacent to an activating group) is 1. The summed E-state index contributed by atoms with van der Waals surface area (Å²) in [6, 6.07) is 6.78. The highest BCUT2D eigenvalue weighted by molar-refractivity contribution is 7.89. The molecule has 27 heavy (non-hydrogen) atoms. The van der Waals surface area contributed by atoms with Gasteiger partial charge in [-0.1, -0.05) is 12.5 Å². The van der Waals surface area contributed by atoms with Crippen molar-refractivity contribution < 1.29 is 13.2 Å². The van der Waals surface area contributed by atoms with Crippen LogP contribution in [0.15, 0.2) is 29.2 Å². The van der Waals surface area contributed by atoms with Gasteiger partial charge in [0.25, 0.3) is 5.91 Å². The summed E-state index contributed by atoms with van der Waals surface area (Å²) in [4.78, 5) is 17.4. The van der Waals surface area contributed by atoms with E-state index in [2.05, 4.69) is 4.90 Å². The van der Waals surface area contributed by atoms with E-state index in [4.69, 9.17) is 0 Å². The summed E-state index contributed by atoms with van der Waals surface area (Å²) < 4.78 is 27.4. The molecule has 1 aromatic rings. The summed E-state index contributed by atoms with van der Waals surface area (Å²) >= 11 is 0. The lowest BCUT2D eigenvalue weighted by molar-refractivity contribution is 0.0574. The third-order valence-corrected chi connectivity index (χ3v) is 7.39. The molecule has 7 heteroatoms. The van der Waals surface area contributed by atoms with Crippen molar-refractivity contribution in [2.24, 2.45) is 0 Å². The van der Waals surface area contributed by atoms with E-state index >= 15 is 0 Å². The van der Waals surface area contributed by atoms with Crippen LogP contribution in [0.5, 0.6) is 0 Å². The van der Waals surface area contributed by atoms with Gasteiger partial charge >= 0.3 is 0 Å². The number of benzene rings is 1. The Morgan fingerprint density at radius 3 is 2.48 bits per heavy atom. The molecule has 0 saturated carbocycles. The van der Waals surface area contributed by atoms with Crippen LogP contribution in [-0.2, 0) is 10.0 Å². The SMILES string of the molecule is CN(C)CC1CCCCN1C(=O)c1cccc(S(=O)(=O)N2CCCCC2)c1. The Hall–Kier alpha value is -1.44. The maximum absolute atomic E-state index is 13.1. The van der Waals surface area contributed by atoms with Gasteiger partial charge < -0.3 is 9.80 Å². The van der Waals surface area contributed by atoms with Crippen LogP contribution >= 0.6 is 0 Å². The minimum absolute atomic E-state index is 0.0581. The van der Waals surface area contributed by atoms with Crippen molar-refractivity contribution in [3.05, 3.63) is 29.8 Å². The highest BCUT2D eigenvalue weighted by Crippen LogP contribution is 2.24. The van der Waals surface area contributed by atoms with Crippen molar-refractivity contribution in [2.75, 3.05) is 40.3 Å². The largest absolute Gasteiger partial charge is 0.334 e. The molecule has 2 saturated heterocycles. The molecule has 0 spiro atoms. The first kappa shape index (κ1) is 20.3. The normalized spacial score (nSPS) is 22.2. The first-order valence-corrected chi connectivity index (χ1v) is 11.4. The molecule has 0 bridgehead atoms. The molecule has 2 aliphatic heterocycles. The molecule has 0 N–H and O–H groups in total. The third-order valence-electron chi connectivity index (χ3n) is 5.50. The van der Waals surface area contributed by atoms with Gasteiger partial charge in [-0.3, -0.25) is 4.79 Å². The van der Waals surface area contributed by atoms with Gasteiger partial charge in [-0.15, -0.1) is 0 Å². The number of carbonyl (C=O) groups excluding carboxylic acids is 1. The van der Waals surface area contributed by atoms with Crippen LogP contribution in [-0.4, -0.2) is 74.7 Å². The molecule has 3 rings (SSSR count). The predicted molar refractivity (Wildman–Crippen MR) is 106 cm³/mol. The fourth-order valence-corrected chi connectivity index (χ4v) is 5.65. The first-order chi connectivity index (χ1) is 12.9. The summed E-state index contributed by atoms with van der Waals surface area (Å²) in [6.45, 7) is 2.70. The van der Waals surface area contributed by atoms with E-state index in [1.807, 2.05) is 19.0 Å². The molecule has 2 aliphatic rings. The van der Waals surface area contributed by atoms with Crippen LogP contribution in [0, 0.1) is 0 Å². The van der Waals surface area contributed by atoms with Crippen molar-refractivity contribution in [3.63, 3.8) is 0 Å². The Morgan fingerprint density at radius 1 is 1.07 bits per heavy atom. The molecule has 1 aromatic carbocycles. The van der Waals surface area contributed by atoms with E-state index < -0.39 is 10.0 Å². The zero-order valence-electron chi connectivity index (χ0n) is 16.4. The van der Waals surface area contributed by atoms with Crippen molar-refractivity contribution in [1.29, 1.82) is 0 Å². The average Bonchev–Trinajstić information content (AvgIpc) is 2.68. The number of amides is 1. The number of carbonyl (C=O) groups is 1. The maximum atomic E-state index is 13.1. The topological polar surface area (TPSA) is 60.9 Å². The van der Waals surface area contributed by atoms with Crippen LogP contribution in [0.2, 0.25) is 0 Å². The molecule has 0 radical (unpaired) electrons. The molecule has 2 heterocycles. The molecule has 1 amide bonds. The second-order valence-electron chi connectivity index (χ2n) is 7.90. The monoisotopic (exact) mass is 393 g/mol. The van der Waals surface area contributed by atoms with Crippen molar-refractivity contribution in [2.45, 2.75) is 49.5 Å². The average molecular weight is 394 g/mol. The lowest BCUT2D eigenvalue weighted by Crippen LogP contribution is -2.48. The summed E-state index contributed by atoms with van der Waals surface area (Å²) in [5.74, 6) is -0.0581. The zero-order valence-corrected chi connectivity index (χ0v) is 17.2. The van der Waals surface area contributed by atoms with Gasteiger partial charge in [-0.2, -0.15) is 4.31 Å². The summed E-state index contributed by atoms with van der Waals surface area (Å²) in [5.41, 5.74) is 0.471. The second kappa shape index (κ2) is 8.71. The van der Waals surface area contributed by atoms with Gasteiger partial charge in [0.1, 0.15) is 0 Å². The molecule has 150 valence electrons. The van der Waals surface area contributed by atoms with Crippen LogP contribution in [0.4, 0.5) is 0 Å². The van der Waals surface area contributed by atoms with Gasteiger partial charge in [0.05, 0.1) is 4.90 Å². The summed E-state index contributed by atoms with van der Waals surface area (Å²) in [7, 11) is 0.507. The van der Waals surface area contributed by atoms with Crippen molar-refractivity contribution >= 4 is 15.9 Å². The number of nitrogens with zero attached hydrogens (tertiary/aromatic N) is 3. The second-order valence-corrected chi connectivity index (χ2v) is 9.84. The Balaban J connectivity index is 1.82. The predicted octanol–water partition coefficient (Wildman–Crippen LogP) is 2.42. The molecule has 0 aliphatic carbocycles. The fraction of sp³-hybridized carbons (Fsp3) is 0.650. The maximum Gasteiger partial charge on any atom is 0.254 e. The Kier molecular flexibility index (Phi) is 6.55. The molecule has 0 aromatic heterocycles. The number of hydrogen-bond donors (Lipinski definition) is 0. The zero-order chi connectivity index (χ0) is 19.4. The Bertz CT molecular complexity index is 757. The van der Waals surface area contributed by atoms with Gasteiger partial charge in [-0.25, -0.2) is 8.42 Å². The molecule has 1 unspecified atom stereocenters. The smallest absolute Gasteiger partial charge is 0.254 e. The molecule has 2 fully saturated rings. The highest BCUT2D eigenvalue weighted by atomic mass is 32.2. The molecular weight excluding hydrogens is 362 g/mol. The van der Waals surface area contributed by atoms with Crippen LogP contribution in [0.1, 0.15) is 48.9 Å². The van der Waals surface area contributed by atoms with Gasteiger partial charge in [0.2, 0.25) is 10.0 Å². The number of sulfonamides is 1. The quantitative estimate of drug-likeness (QED) is 0.771. The van der Waals surface area contributed by atoms with E-state index in [-0.39, 0.29) is 16.8 Å². The van der Waals surface area contributed by atoms with E-state index in [1.54, 1.807) is 28.6 Å². The minimum Gasteiger partial charge on any atom is -0.334 e. The van der Waals surface area contributed by atoms with E-state index in [0.717, 1.165) is 51.6 Å². The number of hydrogen-bond acceptors (Lipinski definition) is 4.